The average Bonchev–Trinajstić information content (AvgIpc) is 2.27. The molecule has 0 atom stereocenters. The van der Waals surface area contributed by atoms with Gasteiger partial charge in [-0.25, -0.2) is 0 Å². The van der Waals surface area contributed by atoms with E-state index in [0.717, 1.165) is 15.7 Å². The van der Waals surface area contributed by atoms with Gasteiger partial charge in [-0.05, 0) is 22.9 Å². The third-order valence-corrected chi connectivity index (χ3v) is 2.39. The number of rotatable bonds is 1. The molecule has 2 aromatic rings. The molecule has 0 spiro atoms. The molecule has 0 fully saturated rings. The molecule has 1 amide bonds. The molecule has 76 valence electrons. The molecule has 2 rings (SSSR count). The first-order valence-corrected chi connectivity index (χ1v) is 4.62. The van der Waals surface area contributed by atoms with Crippen LogP contribution in [-0.2, 0) is 0 Å². The van der Waals surface area contributed by atoms with Crippen molar-refractivity contribution in [3.8, 4) is 0 Å². The molecule has 0 saturated carbocycles. The van der Waals surface area contributed by atoms with Gasteiger partial charge in [0, 0.05) is 12.7 Å². The van der Waals surface area contributed by atoms with Gasteiger partial charge in [0.05, 0.1) is 0 Å². The monoisotopic (exact) mass is 207 g/mol. The summed E-state index contributed by atoms with van der Waals surface area (Å²) in [7, 11) is 1.47. The smallest absolute Gasteiger partial charge is 0.530 e. The number of hydrogen-bond donors (Lipinski definition) is 0. The van der Waals surface area contributed by atoms with Gasteiger partial charge < -0.3 is 14.8 Å². The van der Waals surface area contributed by atoms with E-state index in [9.17, 15) is 9.90 Å². The number of carbonyl (C=O) groups excluding carboxylic acids is 1. The van der Waals surface area contributed by atoms with E-state index in [1.807, 2.05) is 36.4 Å². The minimum Gasteiger partial charge on any atom is -0.530 e. The van der Waals surface area contributed by atoms with Crippen molar-refractivity contribution in [1.29, 1.82) is 0 Å². The Hall–Kier alpha value is -1.43. The summed E-state index contributed by atoms with van der Waals surface area (Å²) in [4.78, 5) is 11.7. The molecule has 0 radical (unpaired) electrons. The van der Waals surface area contributed by atoms with Crippen molar-refractivity contribution < 1.29 is 28.8 Å². The van der Waals surface area contributed by atoms with Crippen LogP contribution in [0, 0.1) is 0 Å². The third kappa shape index (κ3) is 2.38. The maximum absolute atomic E-state index is 10.7. The number of hydrogen-bond acceptors (Lipinski definition) is 2. The molecule has 0 heterocycles. The summed E-state index contributed by atoms with van der Waals surface area (Å²) in [6.45, 7) is 0. The van der Waals surface area contributed by atoms with E-state index in [1.54, 1.807) is 6.07 Å². The Kier molecular flexibility index (Phi) is 4.00. The van der Waals surface area contributed by atoms with E-state index < -0.39 is 6.09 Å². The zero-order chi connectivity index (χ0) is 10.8. The second-order valence-corrected chi connectivity index (χ2v) is 3.36. The van der Waals surface area contributed by atoms with Crippen LogP contribution in [0.15, 0.2) is 42.5 Å². The van der Waals surface area contributed by atoms with E-state index >= 15 is 0 Å². The minimum atomic E-state index is -1.20. The zero-order valence-corrected chi connectivity index (χ0v) is 9.31. The van der Waals surface area contributed by atoms with Crippen LogP contribution in [0.3, 0.4) is 0 Å². The molecule has 0 N–H and O–H groups in total. The Bertz CT molecular complexity index is 513. The van der Waals surface area contributed by atoms with Gasteiger partial charge in [-0.3, -0.25) is 0 Å². The molecule has 4 heteroatoms. The SMILES string of the molecule is CN(C(=O)[O-])c1ccc2ccccc2c1.[Li+]. The van der Waals surface area contributed by atoms with Gasteiger partial charge in [-0.15, -0.1) is 0 Å². The fourth-order valence-corrected chi connectivity index (χ4v) is 1.49. The first-order valence-electron chi connectivity index (χ1n) is 4.62. The third-order valence-electron chi connectivity index (χ3n) is 2.39. The van der Waals surface area contributed by atoms with Gasteiger partial charge in [0.15, 0.2) is 0 Å². The predicted octanol–water partition coefficient (Wildman–Crippen LogP) is -1.38. The van der Waals surface area contributed by atoms with Crippen molar-refractivity contribution in [2.45, 2.75) is 0 Å². The summed E-state index contributed by atoms with van der Waals surface area (Å²) in [5.74, 6) is 0. The van der Waals surface area contributed by atoms with E-state index in [2.05, 4.69) is 0 Å². The molecular weight excluding hydrogens is 197 g/mol. The van der Waals surface area contributed by atoms with Gasteiger partial charge in [-0.2, -0.15) is 0 Å². The van der Waals surface area contributed by atoms with Crippen molar-refractivity contribution in [2.24, 2.45) is 0 Å². The van der Waals surface area contributed by atoms with Gasteiger partial charge in [0.2, 0.25) is 0 Å². The molecule has 0 aliphatic heterocycles. The molecule has 0 aliphatic rings. The second kappa shape index (κ2) is 5.07. The average molecular weight is 207 g/mol. The fraction of sp³-hybridized carbons (Fsp3) is 0.0833. The van der Waals surface area contributed by atoms with Crippen LogP contribution >= 0.6 is 0 Å². The predicted molar refractivity (Wildman–Crippen MR) is 57.7 cm³/mol. The summed E-state index contributed by atoms with van der Waals surface area (Å²) >= 11 is 0. The van der Waals surface area contributed by atoms with E-state index in [0.29, 0.717) is 5.69 Å². The van der Waals surface area contributed by atoms with Crippen molar-refractivity contribution in [3.63, 3.8) is 0 Å². The molecule has 0 aromatic heterocycles. The standard InChI is InChI=1S/C12H11NO2.Li/c1-13(12(14)15)11-7-6-9-4-2-3-5-10(9)8-11;/h2-8H,1H3,(H,14,15);/q;+1/p-1. The Balaban J connectivity index is 0.00000128. The maximum atomic E-state index is 10.7. The summed E-state index contributed by atoms with van der Waals surface area (Å²) < 4.78 is 0. The van der Waals surface area contributed by atoms with Crippen molar-refractivity contribution >= 4 is 22.6 Å². The van der Waals surface area contributed by atoms with E-state index in [4.69, 9.17) is 0 Å². The summed E-state index contributed by atoms with van der Waals surface area (Å²) in [5.41, 5.74) is 0.619. The topological polar surface area (TPSA) is 43.4 Å². The first kappa shape index (κ1) is 12.6. The van der Waals surface area contributed by atoms with Crippen LogP contribution in [0.25, 0.3) is 10.8 Å². The number of nitrogens with zero attached hydrogens (tertiary/aromatic N) is 1. The Morgan fingerprint density at radius 2 is 1.75 bits per heavy atom. The van der Waals surface area contributed by atoms with Gasteiger partial charge >= 0.3 is 18.9 Å². The van der Waals surface area contributed by atoms with Crippen LogP contribution in [0.2, 0.25) is 0 Å². The van der Waals surface area contributed by atoms with Crippen molar-refractivity contribution in [1.82, 2.24) is 0 Å². The molecule has 3 nitrogen and oxygen atoms in total. The summed E-state index contributed by atoms with van der Waals surface area (Å²) in [5, 5.41) is 12.8. The number of carbonyl (C=O) groups is 1. The molecule has 0 bridgehead atoms. The largest absolute Gasteiger partial charge is 1.00 e. The van der Waals surface area contributed by atoms with Crippen LogP contribution in [0.1, 0.15) is 0 Å². The fourth-order valence-electron chi connectivity index (χ4n) is 1.49. The normalized spacial score (nSPS) is 9.56. The number of benzene rings is 2. The number of amides is 1. The van der Waals surface area contributed by atoms with Crippen molar-refractivity contribution in [2.75, 3.05) is 11.9 Å². The molecular formula is C12H10LiNO2. The van der Waals surface area contributed by atoms with Gasteiger partial charge in [-0.1, -0.05) is 30.3 Å². The Morgan fingerprint density at radius 1 is 1.12 bits per heavy atom. The van der Waals surface area contributed by atoms with Crippen LogP contribution < -0.4 is 28.9 Å². The quantitative estimate of drug-likeness (QED) is 0.541. The van der Waals surface area contributed by atoms with Crippen LogP contribution in [-0.4, -0.2) is 13.1 Å². The Labute approximate surface area is 106 Å². The number of carboxylic acid groups (broad SMARTS) is 1. The number of fused-ring (bicyclic) bond motifs is 1. The maximum Gasteiger partial charge on any atom is 1.00 e. The van der Waals surface area contributed by atoms with Gasteiger partial charge in [0.1, 0.15) is 6.09 Å². The second-order valence-electron chi connectivity index (χ2n) is 3.36. The van der Waals surface area contributed by atoms with Crippen LogP contribution in [0.5, 0.6) is 0 Å². The molecule has 16 heavy (non-hydrogen) atoms. The Morgan fingerprint density at radius 3 is 2.38 bits per heavy atom. The van der Waals surface area contributed by atoms with E-state index in [-0.39, 0.29) is 18.9 Å². The zero-order valence-electron chi connectivity index (χ0n) is 9.31. The minimum absolute atomic E-state index is 0. The summed E-state index contributed by atoms with van der Waals surface area (Å²) in [6, 6.07) is 13.3. The van der Waals surface area contributed by atoms with Crippen LogP contribution in [0.4, 0.5) is 10.5 Å². The summed E-state index contributed by atoms with van der Waals surface area (Å²) in [6.07, 6.45) is -1.20. The molecule has 0 saturated heterocycles. The van der Waals surface area contributed by atoms with Crippen molar-refractivity contribution in [3.05, 3.63) is 42.5 Å². The van der Waals surface area contributed by atoms with Gasteiger partial charge in [0.25, 0.3) is 0 Å². The molecule has 0 unspecified atom stereocenters. The molecule has 2 aromatic carbocycles. The first-order chi connectivity index (χ1) is 7.18. The van der Waals surface area contributed by atoms with E-state index in [1.165, 1.54) is 7.05 Å². The molecule has 0 aliphatic carbocycles. The number of anilines is 1.